The van der Waals surface area contributed by atoms with Crippen molar-refractivity contribution in [1.29, 1.82) is 0 Å². The summed E-state index contributed by atoms with van der Waals surface area (Å²) >= 11 is -2.51. The van der Waals surface area contributed by atoms with Gasteiger partial charge in [0.05, 0.1) is 0 Å². The van der Waals surface area contributed by atoms with Crippen molar-refractivity contribution in [3.63, 3.8) is 0 Å². The van der Waals surface area contributed by atoms with Crippen LogP contribution in [0.2, 0.25) is 0 Å². The van der Waals surface area contributed by atoms with Crippen molar-refractivity contribution in [2.24, 2.45) is 0 Å². The Morgan fingerprint density at radius 1 is 0.769 bits per heavy atom. The van der Waals surface area contributed by atoms with Crippen molar-refractivity contribution in [2.75, 3.05) is 0 Å². The van der Waals surface area contributed by atoms with Crippen LogP contribution in [0.4, 0.5) is 9.59 Å². The van der Waals surface area contributed by atoms with Gasteiger partial charge in [0.1, 0.15) is 0 Å². The fraction of sp³-hybridized carbons (Fsp3) is 0. The molecule has 0 saturated heterocycles. The van der Waals surface area contributed by atoms with E-state index in [-0.39, 0.29) is 12.3 Å². The molecule has 0 aromatic carbocycles. The third-order valence-corrected chi connectivity index (χ3v) is 0. The third kappa shape index (κ3) is 1170. The van der Waals surface area contributed by atoms with Gasteiger partial charge < -0.3 is 42.3 Å². The molecule has 0 unspecified atom stereocenters. The van der Waals surface area contributed by atoms with Gasteiger partial charge in [0.15, 0.2) is 0 Å². The van der Waals surface area contributed by atoms with Crippen LogP contribution in [0.1, 0.15) is 0 Å². The Bertz CT molecular complexity index is 132. The van der Waals surface area contributed by atoms with E-state index in [2.05, 4.69) is 0 Å². The maximum atomic E-state index is 8.58. The molecule has 10 nitrogen and oxygen atoms in total. The number of carbonyl (C=O) groups excluding carboxylic acids is 2. The molecule has 0 fully saturated rings. The van der Waals surface area contributed by atoms with Crippen molar-refractivity contribution in [2.45, 2.75) is 0 Å². The van der Waals surface area contributed by atoms with Gasteiger partial charge in [0.25, 0.3) is 0 Å². The second-order valence-corrected chi connectivity index (χ2v) is 1.28. The van der Waals surface area contributed by atoms with Gasteiger partial charge in [0, 0.05) is 0 Å². The van der Waals surface area contributed by atoms with Crippen LogP contribution in [0.3, 0.4) is 0 Å². The van der Waals surface area contributed by atoms with Gasteiger partial charge in [-0.1, -0.05) is 0 Å². The molecule has 0 aliphatic rings. The van der Waals surface area contributed by atoms with Gasteiger partial charge in [-0.05, 0) is 12.3 Å². The van der Waals surface area contributed by atoms with Crippen molar-refractivity contribution < 1.29 is 62.3 Å². The predicted molar refractivity (Wildman–Crippen MR) is 24.1 cm³/mol. The summed E-state index contributed by atoms with van der Waals surface area (Å²) in [6, 6.07) is 0. The average Bonchev–Trinajstić information content (AvgIpc) is 1.60. The molecule has 0 radical (unpaired) electrons. The fourth-order valence-corrected chi connectivity index (χ4v) is 0. The van der Waals surface area contributed by atoms with E-state index in [1.54, 1.807) is 0 Å². The topological polar surface area (TPSA) is 234 Å². The van der Waals surface area contributed by atoms with E-state index in [0.717, 1.165) is 0 Å². The van der Waals surface area contributed by atoms with Crippen LogP contribution >= 0.6 is 0 Å². The van der Waals surface area contributed by atoms with E-state index in [4.69, 9.17) is 34.5 Å². The first kappa shape index (κ1) is 29.6. The number of rotatable bonds is 0. The van der Waals surface area contributed by atoms with Gasteiger partial charge >= 0.3 is 32.3 Å². The minimum absolute atomic E-state index is 0. The van der Waals surface area contributed by atoms with E-state index < -0.39 is 40.1 Å². The summed E-state index contributed by atoms with van der Waals surface area (Å²) in [6.45, 7) is 0. The molecule has 0 spiro atoms. The van der Waals surface area contributed by atoms with Crippen molar-refractivity contribution in [1.82, 2.24) is 12.3 Å². The van der Waals surface area contributed by atoms with Crippen LogP contribution in [-0.4, -0.2) is 12.3 Å². The summed E-state index contributed by atoms with van der Waals surface area (Å²) < 4.78 is 17.2. The molecular formula is C2H8N2O8U. The molecular weight excluding hydrogens is 418 g/mol. The van der Waals surface area contributed by atoms with E-state index >= 15 is 0 Å². The summed E-state index contributed by atoms with van der Waals surface area (Å²) in [7, 11) is 0. The Labute approximate surface area is 86.9 Å². The SMILES string of the molecule is O=C([O-])[O-].O=C([O-])[O-].[NH4+].[NH4+].[O]=[U+2]=[O]. The molecule has 8 N–H and O–H groups in total. The number of carboxylic acid groups (broad SMARTS) is 4. The summed E-state index contributed by atoms with van der Waals surface area (Å²) in [5, 5.41) is 33.3. The third-order valence-electron chi connectivity index (χ3n) is 0. The van der Waals surface area contributed by atoms with Crippen LogP contribution in [0.15, 0.2) is 0 Å². The molecule has 0 bridgehead atoms. The molecule has 0 aromatic rings. The van der Waals surface area contributed by atoms with Gasteiger partial charge in [-0.2, -0.15) is 0 Å². The molecule has 0 rings (SSSR count). The van der Waals surface area contributed by atoms with E-state index in [1.807, 2.05) is 0 Å². The van der Waals surface area contributed by atoms with E-state index in [9.17, 15) is 0 Å². The Hall–Kier alpha value is -0.888. The van der Waals surface area contributed by atoms with Gasteiger partial charge in [0.2, 0.25) is 0 Å². The number of hydrogen-bond donors (Lipinski definition) is 2. The molecule has 0 atom stereocenters. The molecule has 0 aliphatic heterocycles. The number of quaternary nitrogens is 2. The van der Waals surface area contributed by atoms with Crippen LogP contribution in [0.5, 0.6) is 0 Å². The number of carbonyl (C=O) groups is 2. The average molecular weight is 426 g/mol. The first-order chi connectivity index (χ1) is 4.88. The summed E-state index contributed by atoms with van der Waals surface area (Å²) in [5.41, 5.74) is 0. The maximum absolute atomic E-state index is 8.58. The Balaban J connectivity index is -0.0000000231. The minimum atomic E-state index is -2.51. The second-order valence-electron chi connectivity index (χ2n) is 0.583. The fourth-order valence-electron chi connectivity index (χ4n) is 0. The molecule has 0 aromatic heterocycles. The summed E-state index contributed by atoms with van der Waals surface area (Å²) in [6.07, 6.45) is -4.67. The quantitative estimate of drug-likeness (QED) is 0.383. The zero-order chi connectivity index (χ0) is 9.86. The van der Waals surface area contributed by atoms with Gasteiger partial charge in [-0.15, -0.1) is 0 Å². The zero-order valence-corrected chi connectivity index (χ0v) is 10.9. The van der Waals surface area contributed by atoms with Crippen LogP contribution in [0.25, 0.3) is 0 Å². The van der Waals surface area contributed by atoms with E-state index in [0.29, 0.717) is 0 Å². The molecule has 78 valence electrons. The van der Waals surface area contributed by atoms with Gasteiger partial charge in [-0.3, -0.25) is 0 Å². The van der Waals surface area contributed by atoms with Crippen LogP contribution in [-0.2, 0) is 4.47 Å². The monoisotopic (exact) mass is 426 g/mol. The van der Waals surface area contributed by atoms with E-state index in [1.165, 1.54) is 0 Å². The Kier molecular flexibility index (Phi) is 69.2. The van der Waals surface area contributed by atoms with Crippen LogP contribution < -0.4 is 32.7 Å². The summed E-state index contributed by atoms with van der Waals surface area (Å²) in [5.74, 6) is 0. The van der Waals surface area contributed by atoms with Crippen molar-refractivity contribution in [3.8, 4) is 0 Å². The predicted octanol–water partition coefficient (Wildman–Crippen LogP) is -4.38. The molecule has 0 saturated carbocycles. The number of hydrogen-bond acceptors (Lipinski definition) is 8. The Morgan fingerprint density at radius 3 is 0.769 bits per heavy atom. The molecule has 0 amide bonds. The normalized spacial score (nSPS) is 4.31. The molecule has 0 aliphatic carbocycles. The van der Waals surface area contributed by atoms with Crippen LogP contribution in [0, 0.1) is 27.8 Å². The van der Waals surface area contributed by atoms with Gasteiger partial charge in [-0.25, -0.2) is 0 Å². The van der Waals surface area contributed by atoms with Crippen molar-refractivity contribution in [3.05, 3.63) is 0 Å². The first-order valence-corrected chi connectivity index (χ1v) is 5.03. The molecule has 11 heteroatoms. The zero-order valence-electron chi connectivity index (χ0n) is 6.77. The standard InChI is InChI=1S/2CH2O3.2H3N.2O.U/c2*2-1(3)4;;;;;/h2*(H2,2,3,4);2*1H3;;;/q;;;;;;+2/p-2. The van der Waals surface area contributed by atoms with Crippen molar-refractivity contribution >= 4 is 12.3 Å². The Morgan fingerprint density at radius 2 is 0.769 bits per heavy atom. The first-order valence-electron chi connectivity index (χ1n) is 1.63. The molecule has 13 heavy (non-hydrogen) atoms. The summed E-state index contributed by atoms with van der Waals surface area (Å²) in [4.78, 5) is 16.7. The second kappa shape index (κ2) is 30.4. The molecule has 0 heterocycles.